The Bertz CT molecular complexity index is 600. The second kappa shape index (κ2) is 5.01. The summed E-state index contributed by atoms with van der Waals surface area (Å²) >= 11 is 0. The summed E-state index contributed by atoms with van der Waals surface area (Å²) in [4.78, 5) is 15.3. The molecule has 0 bridgehead atoms. The van der Waals surface area contributed by atoms with Crippen molar-refractivity contribution in [1.29, 1.82) is 0 Å². The van der Waals surface area contributed by atoms with E-state index in [-0.39, 0.29) is 6.10 Å². The van der Waals surface area contributed by atoms with E-state index in [1.54, 1.807) is 24.5 Å². The van der Waals surface area contributed by atoms with Gasteiger partial charge in [0.05, 0.1) is 35.6 Å². The minimum atomic E-state index is -0.913. The lowest BCUT2D eigenvalue weighted by molar-refractivity contribution is 0.00661. The molecule has 1 N–H and O–H groups in total. The summed E-state index contributed by atoms with van der Waals surface area (Å²) in [5.41, 5.74) is 1.97. The van der Waals surface area contributed by atoms with Crippen LogP contribution in [0.15, 0.2) is 24.5 Å². The van der Waals surface area contributed by atoms with Crippen LogP contribution in [0.4, 0.5) is 0 Å². The van der Waals surface area contributed by atoms with Crippen LogP contribution in [0.5, 0.6) is 0 Å². The van der Waals surface area contributed by atoms with Crippen molar-refractivity contribution >= 4 is 17.0 Å². The number of hydrogen-bond acceptors (Lipinski definition) is 3. The van der Waals surface area contributed by atoms with Crippen molar-refractivity contribution < 1.29 is 14.6 Å². The summed E-state index contributed by atoms with van der Waals surface area (Å²) in [6.45, 7) is 1.55. The molecule has 5 heteroatoms. The second-order valence-corrected chi connectivity index (χ2v) is 4.89. The lowest BCUT2D eigenvalue weighted by Gasteiger charge is -2.23. The minimum absolute atomic E-state index is 0.208. The molecule has 1 saturated heterocycles. The van der Waals surface area contributed by atoms with Crippen molar-refractivity contribution in [3.05, 3.63) is 30.1 Å². The van der Waals surface area contributed by atoms with Crippen LogP contribution >= 0.6 is 0 Å². The van der Waals surface area contributed by atoms with Gasteiger partial charge in [-0.1, -0.05) is 0 Å². The maximum atomic E-state index is 11.0. The van der Waals surface area contributed by atoms with Gasteiger partial charge >= 0.3 is 5.97 Å². The number of ether oxygens (including phenoxy) is 1. The Hall–Kier alpha value is -1.88. The third kappa shape index (κ3) is 2.46. The Morgan fingerprint density at radius 2 is 2.37 bits per heavy atom. The number of carboxylic acid groups (broad SMARTS) is 1. The number of rotatable bonds is 3. The van der Waals surface area contributed by atoms with Crippen LogP contribution in [-0.2, 0) is 11.3 Å². The molecular formula is C14H16N2O3. The molecule has 1 unspecified atom stereocenters. The van der Waals surface area contributed by atoms with Gasteiger partial charge in [0.2, 0.25) is 0 Å². The van der Waals surface area contributed by atoms with Crippen LogP contribution in [-0.4, -0.2) is 33.3 Å². The van der Waals surface area contributed by atoms with Gasteiger partial charge in [-0.05, 0) is 37.5 Å². The van der Waals surface area contributed by atoms with E-state index < -0.39 is 5.97 Å². The lowest BCUT2D eigenvalue weighted by Crippen LogP contribution is -2.24. The van der Waals surface area contributed by atoms with Gasteiger partial charge in [0, 0.05) is 6.61 Å². The number of hydrogen-bond donors (Lipinski definition) is 1. The molecule has 3 rings (SSSR count). The Morgan fingerprint density at radius 1 is 1.47 bits per heavy atom. The molecule has 100 valence electrons. The van der Waals surface area contributed by atoms with E-state index in [4.69, 9.17) is 9.84 Å². The summed E-state index contributed by atoms with van der Waals surface area (Å²) in [5, 5.41) is 9.04. The number of nitrogens with zero attached hydrogens (tertiary/aromatic N) is 2. The van der Waals surface area contributed by atoms with Crippen LogP contribution in [0, 0.1) is 0 Å². The molecule has 2 aromatic rings. The van der Waals surface area contributed by atoms with Gasteiger partial charge in [0.15, 0.2) is 0 Å². The van der Waals surface area contributed by atoms with Gasteiger partial charge in [-0.3, -0.25) is 0 Å². The number of benzene rings is 1. The van der Waals surface area contributed by atoms with Gasteiger partial charge in [-0.2, -0.15) is 0 Å². The fourth-order valence-electron chi connectivity index (χ4n) is 2.51. The van der Waals surface area contributed by atoms with Crippen molar-refractivity contribution in [3.8, 4) is 0 Å². The molecule has 1 aromatic carbocycles. The third-order valence-corrected chi connectivity index (χ3v) is 3.54. The van der Waals surface area contributed by atoms with E-state index in [1.807, 2.05) is 4.57 Å². The van der Waals surface area contributed by atoms with Gasteiger partial charge in [0.25, 0.3) is 0 Å². The summed E-state index contributed by atoms with van der Waals surface area (Å²) in [7, 11) is 0. The zero-order valence-electron chi connectivity index (χ0n) is 10.6. The maximum absolute atomic E-state index is 11.0. The predicted octanol–water partition coefficient (Wildman–Crippen LogP) is 2.30. The highest BCUT2D eigenvalue weighted by molar-refractivity contribution is 5.92. The van der Waals surface area contributed by atoms with E-state index in [1.165, 1.54) is 6.42 Å². The average Bonchev–Trinajstić information content (AvgIpc) is 2.82. The molecule has 0 saturated carbocycles. The van der Waals surface area contributed by atoms with Crippen molar-refractivity contribution in [1.82, 2.24) is 9.55 Å². The molecule has 19 heavy (non-hydrogen) atoms. The second-order valence-electron chi connectivity index (χ2n) is 4.89. The molecule has 0 spiro atoms. The number of fused-ring (bicyclic) bond motifs is 1. The zero-order chi connectivity index (χ0) is 13.2. The molecule has 1 aliphatic heterocycles. The largest absolute Gasteiger partial charge is 0.478 e. The van der Waals surface area contributed by atoms with Crippen molar-refractivity contribution in [2.75, 3.05) is 6.61 Å². The Balaban J connectivity index is 1.89. The summed E-state index contributed by atoms with van der Waals surface area (Å²) < 4.78 is 7.70. The molecule has 5 nitrogen and oxygen atoms in total. The van der Waals surface area contributed by atoms with Gasteiger partial charge in [-0.15, -0.1) is 0 Å². The number of carbonyl (C=O) groups is 1. The van der Waals surface area contributed by atoms with E-state index >= 15 is 0 Å². The molecular weight excluding hydrogens is 244 g/mol. The monoisotopic (exact) mass is 260 g/mol. The predicted molar refractivity (Wildman–Crippen MR) is 70.3 cm³/mol. The summed E-state index contributed by atoms with van der Waals surface area (Å²) in [6, 6.07) is 5.00. The first kappa shape index (κ1) is 12.2. The van der Waals surface area contributed by atoms with Gasteiger partial charge < -0.3 is 14.4 Å². The van der Waals surface area contributed by atoms with Crippen LogP contribution in [0.3, 0.4) is 0 Å². The Labute approximate surface area is 110 Å². The van der Waals surface area contributed by atoms with Crippen LogP contribution < -0.4 is 0 Å². The smallest absolute Gasteiger partial charge is 0.335 e. The fourth-order valence-corrected chi connectivity index (χ4v) is 2.51. The quantitative estimate of drug-likeness (QED) is 0.919. The third-order valence-electron chi connectivity index (χ3n) is 3.54. The highest BCUT2D eigenvalue weighted by Crippen LogP contribution is 2.19. The SMILES string of the molecule is O=C(O)c1ccc2ncn(CC3CCCCO3)c2c1. The minimum Gasteiger partial charge on any atom is -0.478 e. The topological polar surface area (TPSA) is 64.3 Å². The maximum Gasteiger partial charge on any atom is 0.335 e. The van der Waals surface area contributed by atoms with E-state index in [9.17, 15) is 4.79 Å². The highest BCUT2D eigenvalue weighted by Gasteiger charge is 2.16. The first-order chi connectivity index (χ1) is 9.24. The summed E-state index contributed by atoms with van der Waals surface area (Å²) in [5.74, 6) is -0.913. The van der Waals surface area contributed by atoms with Crippen LogP contribution in [0.2, 0.25) is 0 Å². The number of imidazole rings is 1. The van der Waals surface area contributed by atoms with Crippen molar-refractivity contribution in [2.24, 2.45) is 0 Å². The molecule has 1 atom stereocenters. The first-order valence-corrected chi connectivity index (χ1v) is 6.54. The molecule has 1 fully saturated rings. The normalized spacial score (nSPS) is 19.7. The van der Waals surface area contributed by atoms with Gasteiger partial charge in [-0.25, -0.2) is 9.78 Å². The lowest BCUT2D eigenvalue weighted by atomic mass is 10.1. The molecule has 0 radical (unpaired) electrons. The number of aromatic nitrogens is 2. The number of carboxylic acids is 1. The van der Waals surface area contributed by atoms with E-state index in [2.05, 4.69) is 4.98 Å². The van der Waals surface area contributed by atoms with Crippen molar-refractivity contribution in [2.45, 2.75) is 31.9 Å². The number of aromatic carboxylic acids is 1. The Morgan fingerprint density at radius 3 is 3.11 bits per heavy atom. The molecule has 2 heterocycles. The van der Waals surface area contributed by atoms with Crippen LogP contribution in [0.25, 0.3) is 11.0 Å². The average molecular weight is 260 g/mol. The molecule has 1 aliphatic rings. The first-order valence-electron chi connectivity index (χ1n) is 6.54. The van der Waals surface area contributed by atoms with E-state index in [0.717, 1.165) is 37.0 Å². The van der Waals surface area contributed by atoms with Gasteiger partial charge in [0.1, 0.15) is 0 Å². The zero-order valence-corrected chi connectivity index (χ0v) is 10.6. The molecule has 0 aliphatic carbocycles. The Kier molecular flexibility index (Phi) is 3.21. The standard InChI is InChI=1S/C14H16N2O3/c17-14(18)10-4-5-12-13(7-10)16(9-15-12)8-11-3-1-2-6-19-11/h4-5,7,9,11H,1-3,6,8H2,(H,17,18). The van der Waals surface area contributed by atoms with Crippen molar-refractivity contribution in [3.63, 3.8) is 0 Å². The summed E-state index contributed by atoms with van der Waals surface area (Å²) in [6.07, 6.45) is 5.34. The molecule has 1 aromatic heterocycles. The van der Waals surface area contributed by atoms with E-state index in [0.29, 0.717) is 5.56 Å². The highest BCUT2D eigenvalue weighted by atomic mass is 16.5. The molecule has 0 amide bonds. The van der Waals surface area contributed by atoms with Crippen LogP contribution in [0.1, 0.15) is 29.6 Å². The fraction of sp³-hybridized carbons (Fsp3) is 0.429.